The van der Waals surface area contributed by atoms with Gasteiger partial charge in [0.05, 0.1) is 6.20 Å². The van der Waals surface area contributed by atoms with Gasteiger partial charge in [-0.05, 0) is 30.5 Å². The van der Waals surface area contributed by atoms with Gasteiger partial charge in [-0.25, -0.2) is 4.98 Å². The molecule has 0 saturated heterocycles. The summed E-state index contributed by atoms with van der Waals surface area (Å²) in [5.74, 6) is 0.921. The Morgan fingerprint density at radius 2 is 2.05 bits per heavy atom. The molecular formula is C16H20N2O2. The van der Waals surface area contributed by atoms with E-state index < -0.39 is 0 Å². The fraction of sp³-hybridized carbons (Fsp3) is 0.375. The molecule has 4 nitrogen and oxygen atoms in total. The molecule has 1 heterocycles. The molecule has 0 bridgehead atoms. The van der Waals surface area contributed by atoms with Crippen LogP contribution in [0.15, 0.2) is 36.8 Å². The van der Waals surface area contributed by atoms with Crippen LogP contribution in [0.4, 0.5) is 0 Å². The van der Waals surface area contributed by atoms with Crippen molar-refractivity contribution in [3.05, 3.63) is 42.4 Å². The normalized spacial score (nSPS) is 10.4. The first-order chi connectivity index (χ1) is 9.79. The highest BCUT2D eigenvalue weighted by molar-refractivity contribution is 5.43. The molecule has 1 aromatic carbocycles. The van der Waals surface area contributed by atoms with Crippen molar-refractivity contribution in [3.63, 3.8) is 0 Å². The van der Waals surface area contributed by atoms with Crippen LogP contribution < -0.4 is 4.74 Å². The Labute approximate surface area is 119 Å². The Bertz CT molecular complexity index is 529. The molecule has 0 saturated carbocycles. The second-order valence-corrected chi connectivity index (χ2v) is 4.76. The maximum absolute atomic E-state index is 9.98. The zero-order valence-corrected chi connectivity index (χ0v) is 11.7. The van der Waals surface area contributed by atoms with Gasteiger partial charge in [-0.1, -0.05) is 32.3 Å². The van der Waals surface area contributed by atoms with Crippen LogP contribution in [0.3, 0.4) is 0 Å². The molecule has 106 valence electrons. The summed E-state index contributed by atoms with van der Waals surface area (Å²) >= 11 is 0. The van der Waals surface area contributed by atoms with Crippen LogP contribution in [0.5, 0.6) is 17.4 Å². The molecule has 0 aliphatic carbocycles. The van der Waals surface area contributed by atoms with E-state index in [1.165, 1.54) is 25.5 Å². The highest BCUT2D eigenvalue weighted by Crippen LogP contribution is 2.30. The van der Waals surface area contributed by atoms with Crippen LogP contribution in [-0.4, -0.2) is 15.1 Å². The second kappa shape index (κ2) is 7.48. The summed E-state index contributed by atoms with van der Waals surface area (Å²) in [6, 6.07) is 5.52. The minimum atomic E-state index is 0.142. The predicted octanol–water partition coefficient (Wildman–Crippen LogP) is 4.10. The van der Waals surface area contributed by atoms with Gasteiger partial charge >= 0.3 is 0 Å². The molecule has 0 radical (unpaired) electrons. The first-order valence-electron chi connectivity index (χ1n) is 7.05. The maximum atomic E-state index is 9.98. The third-order valence-electron chi connectivity index (χ3n) is 3.10. The number of hydrogen-bond donors (Lipinski definition) is 1. The van der Waals surface area contributed by atoms with Crippen molar-refractivity contribution >= 4 is 0 Å². The lowest BCUT2D eigenvalue weighted by Crippen LogP contribution is -1.91. The molecule has 0 aliphatic rings. The molecule has 0 atom stereocenters. The topological polar surface area (TPSA) is 55.2 Å². The van der Waals surface area contributed by atoms with Crippen LogP contribution >= 0.6 is 0 Å². The number of aromatic nitrogens is 2. The van der Waals surface area contributed by atoms with Crippen LogP contribution in [0.2, 0.25) is 0 Å². The molecule has 1 aromatic heterocycles. The molecule has 0 amide bonds. The summed E-state index contributed by atoms with van der Waals surface area (Å²) in [6.45, 7) is 2.20. The van der Waals surface area contributed by atoms with Crippen molar-refractivity contribution in [3.8, 4) is 17.4 Å². The largest absolute Gasteiger partial charge is 0.504 e. The van der Waals surface area contributed by atoms with Crippen LogP contribution in [0, 0.1) is 0 Å². The standard InChI is InChI=1S/C16H20N2O2/c1-2-3-4-5-6-13-7-8-15(14(19)11-13)20-16-12-17-9-10-18-16/h7-12,19H,2-6H2,1H3. The van der Waals surface area contributed by atoms with E-state index in [0.717, 1.165) is 18.4 Å². The maximum Gasteiger partial charge on any atom is 0.238 e. The van der Waals surface area contributed by atoms with E-state index in [9.17, 15) is 5.11 Å². The quantitative estimate of drug-likeness (QED) is 0.771. The number of hydrogen-bond acceptors (Lipinski definition) is 4. The van der Waals surface area contributed by atoms with Gasteiger partial charge in [-0.2, -0.15) is 0 Å². The number of rotatable bonds is 7. The first-order valence-corrected chi connectivity index (χ1v) is 7.05. The third kappa shape index (κ3) is 4.23. The van der Waals surface area contributed by atoms with E-state index in [1.807, 2.05) is 6.07 Å². The molecule has 4 heteroatoms. The van der Waals surface area contributed by atoms with Gasteiger partial charge in [0.15, 0.2) is 11.5 Å². The van der Waals surface area contributed by atoms with Crippen molar-refractivity contribution < 1.29 is 9.84 Å². The summed E-state index contributed by atoms with van der Waals surface area (Å²) in [6.07, 6.45) is 10.5. The number of phenols is 1. The van der Waals surface area contributed by atoms with Crippen LogP contribution in [0.1, 0.15) is 38.2 Å². The molecular weight excluding hydrogens is 252 g/mol. The van der Waals surface area contributed by atoms with E-state index in [4.69, 9.17) is 4.74 Å². The molecule has 1 N–H and O–H groups in total. The Morgan fingerprint density at radius 3 is 2.75 bits per heavy atom. The number of phenolic OH excluding ortho intramolecular Hbond substituents is 1. The minimum Gasteiger partial charge on any atom is -0.504 e. The third-order valence-corrected chi connectivity index (χ3v) is 3.10. The van der Waals surface area contributed by atoms with Gasteiger partial charge in [0.2, 0.25) is 5.88 Å². The lowest BCUT2D eigenvalue weighted by Gasteiger charge is -2.08. The first kappa shape index (κ1) is 14.3. The Balaban J connectivity index is 1.95. The molecule has 0 spiro atoms. The van der Waals surface area contributed by atoms with Gasteiger partial charge in [0.1, 0.15) is 0 Å². The van der Waals surface area contributed by atoms with Crippen molar-refractivity contribution in [2.45, 2.75) is 39.0 Å². The Hall–Kier alpha value is -2.10. The van der Waals surface area contributed by atoms with Crippen molar-refractivity contribution in [1.82, 2.24) is 9.97 Å². The summed E-state index contributed by atoms with van der Waals surface area (Å²) < 4.78 is 5.48. The van der Waals surface area contributed by atoms with Gasteiger partial charge in [-0.15, -0.1) is 0 Å². The molecule has 2 aromatic rings. The van der Waals surface area contributed by atoms with Crippen molar-refractivity contribution in [1.29, 1.82) is 0 Å². The van der Waals surface area contributed by atoms with E-state index >= 15 is 0 Å². The van der Waals surface area contributed by atoms with E-state index in [-0.39, 0.29) is 5.75 Å². The zero-order chi connectivity index (χ0) is 14.2. The van der Waals surface area contributed by atoms with Crippen molar-refractivity contribution in [2.75, 3.05) is 0 Å². The zero-order valence-electron chi connectivity index (χ0n) is 11.7. The summed E-state index contributed by atoms with van der Waals surface area (Å²) in [7, 11) is 0. The Morgan fingerprint density at radius 1 is 1.15 bits per heavy atom. The van der Waals surface area contributed by atoms with Crippen molar-refractivity contribution in [2.24, 2.45) is 0 Å². The van der Waals surface area contributed by atoms with Gasteiger partial charge < -0.3 is 9.84 Å². The fourth-order valence-electron chi connectivity index (χ4n) is 2.01. The summed E-state index contributed by atoms with van der Waals surface area (Å²) in [5.41, 5.74) is 1.13. The number of unbranched alkanes of at least 4 members (excludes halogenated alkanes) is 3. The van der Waals surface area contributed by atoms with E-state index in [1.54, 1.807) is 24.5 Å². The molecule has 0 aliphatic heterocycles. The average Bonchev–Trinajstić information content (AvgIpc) is 2.47. The number of ether oxygens (including phenoxy) is 1. The van der Waals surface area contributed by atoms with E-state index in [2.05, 4.69) is 16.9 Å². The van der Waals surface area contributed by atoms with Crippen LogP contribution in [-0.2, 0) is 6.42 Å². The smallest absolute Gasteiger partial charge is 0.238 e. The monoisotopic (exact) mass is 272 g/mol. The van der Waals surface area contributed by atoms with Gasteiger partial charge in [0, 0.05) is 12.4 Å². The fourth-order valence-corrected chi connectivity index (χ4v) is 2.01. The van der Waals surface area contributed by atoms with Gasteiger partial charge in [0.25, 0.3) is 0 Å². The predicted molar refractivity (Wildman–Crippen MR) is 78.1 cm³/mol. The Kier molecular flexibility index (Phi) is 5.35. The molecule has 2 rings (SSSR count). The molecule has 20 heavy (non-hydrogen) atoms. The average molecular weight is 272 g/mol. The second-order valence-electron chi connectivity index (χ2n) is 4.76. The highest BCUT2D eigenvalue weighted by atomic mass is 16.5. The number of aryl methyl sites for hydroxylation is 1. The number of aromatic hydroxyl groups is 1. The van der Waals surface area contributed by atoms with Crippen LogP contribution in [0.25, 0.3) is 0 Å². The van der Waals surface area contributed by atoms with E-state index in [0.29, 0.717) is 11.6 Å². The lowest BCUT2D eigenvalue weighted by atomic mass is 10.1. The molecule has 0 unspecified atom stereocenters. The highest BCUT2D eigenvalue weighted by Gasteiger charge is 2.06. The summed E-state index contributed by atoms with van der Waals surface area (Å²) in [4.78, 5) is 7.93. The number of benzene rings is 1. The molecule has 0 fully saturated rings. The minimum absolute atomic E-state index is 0.142. The van der Waals surface area contributed by atoms with Gasteiger partial charge in [-0.3, -0.25) is 4.98 Å². The SMILES string of the molecule is CCCCCCc1ccc(Oc2cnccn2)c(O)c1. The summed E-state index contributed by atoms with van der Waals surface area (Å²) in [5, 5.41) is 9.98. The lowest BCUT2D eigenvalue weighted by molar-refractivity contribution is 0.401. The number of nitrogens with zero attached hydrogens (tertiary/aromatic N) is 2.